The summed E-state index contributed by atoms with van der Waals surface area (Å²) < 4.78 is 0. The Morgan fingerprint density at radius 2 is 2.35 bits per heavy atom. The highest BCUT2D eigenvalue weighted by Crippen LogP contribution is 2.41. The summed E-state index contributed by atoms with van der Waals surface area (Å²) in [4.78, 5) is 19.7. The molecule has 1 saturated heterocycles. The Morgan fingerprint density at radius 3 is 2.94 bits per heavy atom. The van der Waals surface area contributed by atoms with E-state index in [1.807, 2.05) is 23.5 Å². The number of rotatable bonds is 2. The van der Waals surface area contributed by atoms with Gasteiger partial charge in [-0.2, -0.15) is 0 Å². The molecule has 1 atom stereocenters. The molecular weight excluding hydrogens is 234 g/mol. The molecule has 1 aromatic heterocycles. The molecule has 4 nitrogen and oxygen atoms in total. The second kappa shape index (κ2) is 4.07. The average molecular weight is 251 g/mol. The van der Waals surface area contributed by atoms with Crippen molar-refractivity contribution in [1.29, 1.82) is 0 Å². The molecule has 0 bridgehead atoms. The van der Waals surface area contributed by atoms with Gasteiger partial charge in [-0.05, 0) is 19.8 Å². The van der Waals surface area contributed by atoms with Gasteiger partial charge in [0.05, 0.1) is 15.9 Å². The van der Waals surface area contributed by atoms with E-state index in [1.54, 1.807) is 11.3 Å². The maximum atomic E-state index is 12.5. The van der Waals surface area contributed by atoms with Crippen LogP contribution in [0, 0.1) is 0 Å². The largest absolute Gasteiger partial charge is 0.321 e. The van der Waals surface area contributed by atoms with Crippen LogP contribution in [-0.4, -0.2) is 27.9 Å². The van der Waals surface area contributed by atoms with E-state index in [9.17, 15) is 4.79 Å². The van der Waals surface area contributed by atoms with E-state index in [4.69, 9.17) is 0 Å². The summed E-state index contributed by atoms with van der Waals surface area (Å²) in [6.45, 7) is 2.80. The molecule has 17 heavy (non-hydrogen) atoms. The lowest BCUT2D eigenvalue weighted by molar-refractivity contribution is -0.133. The fraction of sp³-hybridized carbons (Fsp3) is 0.667. The first-order chi connectivity index (χ1) is 8.27. The van der Waals surface area contributed by atoms with Crippen LogP contribution in [0.2, 0.25) is 0 Å². The molecule has 1 unspecified atom stereocenters. The molecule has 5 heteroatoms. The summed E-state index contributed by atoms with van der Waals surface area (Å²) in [6, 6.07) is 0. The Bertz CT molecular complexity index is 411. The van der Waals surface area contributed by atoms with Gasteiger partial charge < -0.3 is 4.90 Å². The summed E-state index contributed by atoms with van der Waals surface area (Å²) in [6.07, 6.45) is 6.19. The summed E-state index contributed by atoms with van der Waals surface area (Å²) in [5.41, 5.74) is 1.56. The highest BCUT2D eigenvalue weighted by atomic mass is 32.1. The number of hydrogen-bond acceptors (Lipinski definition) is 4. The Kier molecular flexibility index (Phi) is 2.67. The Balaban J connectivity index is 1.93. The number of nitrogens with one attached hydrogen (secondary N) is 1. The predicted octanol–water partition coefficient (Wildman–Crippen LogP) is 1.91. The van der Waals surface area contributed by atoms with Crippen LogP contribution in [-0.2, 0) is 4.79 Å². The first kappa shape index (κ1) is 11.2. The van der Waals surface area contributed by atoms with Crippen molar-refractivity contribution in [3.05, 3.63) is 16.6 Å². The standard InChI is InChI=1S/C12H17N3OS/c1-2-15-10(9-7-13-8-17-9)14-12(11(15)16)5-3-4-6-12/h7-8,10,14H,2-6H2,1H3. The molecular formula is C12H17N3OS. The molecule has 2 fully saturated rings. The van der Waals surface area contributed by atoms with Crippen LogP contribution in [0.4, 0.5) is 0 Å². The van der Waals surface area contributed by atoms with Crippen molar-refractivity contribution < 1.29 is 4.79 Å². The lowest BCUT2D eigenvalue weighted by atomic mass is 9.98. The molecule has 0 radical (unpaired) electrons. The highest BCUT2D eigenvalue weighted by molar-refractivity contribution is 7.09. The van der Waals surface area contributed by atoms with Gasteiger partial charge in [-0.1, -0.05) is 12.8 Å². The first-order valence-electron chi connectivity index (χ1n) is 6.24. The van der Waals surface area contributed by atoms with E-state index >= 15 is 0 Å². The van der Waals surface area contributed by atoms with Crippen LogP contribution in [0.25, 0.3) is 0 Å². The van der Waals surface area contributed by atoms with Gasteiger partial charge in [0.25, 0.3) is 0 Å². The molecule has 1 amide bonds. The van der Waals surface area contributed by atoms with Gasteiger partial charge in [-0.3, -0.25) is 15.1 Å². The lowest BCUT2D eigenvalue weighted by Gasteiger charge is -2.20. The Hall–Kier alpha value is -0.940. The number of nitrogens with zero attached hydrogens (tertiary/aromatic N) is 2. The third-order valence-corrected chi connectivity index (χ3v) is 4.74. The van der Waals surface area contributed by atoms with Crippen molar-refractivity contribution in [3.8, 4) is 0 Å². The molecule has 1 aromatic rings. The van der Waals surface area contributed by atoms with Crippen molar-refractivity contribution in [2.75, 3.05) is 6.54 Å². The van der Waals surface area contributed by atoms with E-state index in [0.29, 0.717) is 0 Å². The summed E-state index contributed by atoms with van der Waals surface area (Å²) in [7, 11) is 0. The minimum atomic E-state index is -0.273. The number of carbonyl (C=O) groups excluding carboxylic acids is 1. The van der Waals surface area contributed by atoms with E-state index in [2.05, 4.69) is 10.3 Å². The first-order valence-corrected chi connectivity index (χ1v) is 7.12. The van der Waals surface area contributed by atoms with Gasteiger partial charge in [0.15, 0.2) is 0 Å². The van der Waals surface area contributed by atoms with Gasteiger partial charge in [-0.15, -0.1) is 11.3 Å². The molecule has 92 valence electrons. The zero-order valence-corrected chi connectivity index (χ0v) is 10.8. The number of hydrogen-bond donors (Lipinski definition) is 1. The summed E-state index contributed by atoms with van der Waals surface area (Å²) in [5, 5.41) is 3.57. The fourth-order valence-electron chi connectivity index (χ4n) is 3.04. The fourth-order valence-corrected chi connectivity index (χ4v) is 3.72. The maximum Gasteiger partial charge on any atom is 0.244 e. The minimum Gasteiger partial charge on any atom is -0.321 e. The number of likely N-dealkylation sites (N-methyl/N-ethyl adjacent to an activating group) is 1. The normalized spacial score (nSPS) is 27.2. The lowest BCUT2D eigenvalue weighted by Crippen LogP contribution is -2.43. The van der Waals surface area contributed by atoms with Crippen molar-refractivity contribution in [2.24, 2.45) is 0 Å². The molecule has 1 aliphatic carbocycles. The van der Waals surface area contributed by atoms with Crippen LogP contribution in [0.5, 0.6) is 0 Å². The van der Waals surface area contributed by atoms with Crippen LogP contribution in [0.1, 0.15) is 43.6 Å². The van der Waals surface area contributed by atoms with Gasteiger partial charge in [0.1, 0.15) is 6.17 Å². The van der Waals surface area contributed by atoms with Crippen molar-refractivity contribution >= 4 is 17.2 Å². The molecule has 1 saturated carbocycles. The average Bonchev–Trinajstić information content (AvgIpc) is 3.04. The molecule has 1 N–H and O–H groups in total. The smallest absolute Gasteiger partial charge is 0.244 e. The number of thiazole rings is 1. The maximum absolute atomic E-state index is 12.5. The van der Waals surface area contributed by atoms with E-state index < -0.39 is 0 Å². The van der Waals surface area contributed by atoms with Crippen LogP contribution in [0.15, 0.2) is 11.7 Å². The second-order valence-electron chi connectivity index (χ2n) is 4.83. The highest BCUT2D eigenvalue weighted by Gasteiger charge is 2.52. The molecule has 2 aliphatic rings. The third-order valence-electron chi connectivity index (χ3n) is 3.91. The molecule has 3 rings (SSSR count). The van der Waals surface area contributed by atoms with Crippen LogP contribution in [0.3, 0.4) is 0 Å². The number of amides is 1. The van der Waals surface area contributed by atoms with Gasteiger partial charge in [0, 0.05) is 12.7 Å². The van der Waals surface area contributed by atoms with Crippen LogP contribution >= 0.6 is 11.3 Å². The second-order valence-corrected chi connectivity index (χ2v) is 5.75. The van der Waals surface area contributed by atoms with E-state index in [-0.39, 0.29) is 17.6 Å². The topological polar surface area (TPSA) is 45.2 Å². The zero-order chi connectivity index (χ0) is 11.9. The monoisotopic (exact) mass is 251 g/mol. The van der Waals surface area contributed by atoms with Crippen molar-refractivity contribution in [3.63, 3.8) is 0 Å². The van der Waals surface area contributed by atoms with E-state index in [1.165, 1.54) is 0 Å². The minimum absolute atomic E-state index is 0.0399. The summed E-state index contributed by atoms with van der Waals surface area (Å²) in [5.74, 6) is 0.288. The third kappa shape index (κ3) is 1.60. The molecule has 1 aliphatic heterocycles. The Labute approximate surface area is 105 Å². The van der Waals surface area contributed by atoms with Gasteiger partial charge in [0.2, 0.25) is 5.91 Å². The predicted molar refractivity (Wildman–Crippen MR) is 66.6 cm³/mol. The number of aromatic nitrogens is 1. The number of carbonyl (C=O) groups is 1. The summed E-state index contributed by atoms with van der Waals surface area (Å²) >= 11 is 1.62. The van der Waals surface area contributed by atoms with Crippen molar-refractivity contribution in [1.82, 2.24) is 15.2 Å². The van der Waals surface area contributed by atoms with Crippen molar-refractivity contribution in [2.45, 2.75) is 44.3 Å². The molecule has 0 aromatic carbocycles. The van der Waals surface area contributed by atoms with E-state index in [0.717, 1.165) is 37.1 Å². The van der Waals surface area contributed by atoms with Crippen LogP contribution < -0.4 is 5.32 Å². The van der Waals surface area contributed by atoms with Gasteiger partial charge >= 0.3 is 0 Å². The quantitative estimate of drug-likeness (QED) is 0.873. The Morgan fingerprint density at radius 1 is 1.59 bits per heavy atom. The molecule has 1 spiro atoms. The van der Waals surface area contributed by atoms with Gasteiger partial charge in [-0.25, -0.2) is 0 Å². The SMILES string of the molecule is CCN1C(=O)C2(CCCC2)NC1c1cncs1. The zero-order valence-electron chi connectivity index (χ0n) is 9.98. The molecule has 2 heterocycles.